The summed E-state index contributed by atoms with van der Waals surface area (Å²) in [4.78, 5) is 10.8. The molecule has 0 aliphatic heterocycles. The summed E-state index contributed by atoms with van der Waals surface area (Å²) in [6, 6.07) is 0. The number of carbonyl (C=O) groups is 1. The van der Waals surface area contributed by atoms with E-state index in [0.717, 1.165) is 19.3 Å². The Morgan fingerprint density at radius 2 is 2.15 bits per heavy atom. The van der Waals surface area contributed by atoms with E-state index in [9.17, 15) is 4.79 Å². The van der Waals surface area contributed by atoms with Gasteiger partial charge in [-0.3, -0.25) is 4.79 Å². The van der Waals surface area contributed by atoms with Gasteiger partial charge in [0.25, 0.3) is 0 Å². The van der Waals surface area contributed by atoms with Crippen molar-refractivity contribution in [1.82, 2.24) is 0 Å². The molecule has 0 aromatic rings. The first-order valence-corrected chi connectivity index (χ1v) is 5.06. The molecule has 1 rings (SSSR count). The maximum Gasteiger partial charge on any atom is 0.309 e. The second-order valence-corrected chi connectivity index (χ2v) is 5.79. The van der Waals surface area contributed by atoms with Crippen LogP contribution in [0.3, 0.4) is 0 Å². The van der Waals surface area contributed by atoms with Crippen LogP contribution in [0.1, 0.15) is 40.0 Å². The first-order valence-electron chi connectivity index (χ1n) is 4.68. The van der Waals surface area contributed by atoms with E-state index in [1.54, 1.807) is 13.8 Å². The molecule has 0 saturated heterocycles. The molecule has 0 heterocycles. The predicted octanol–water partition coefficient (Wildman–Crippen LogP) is 2.89. The lowest BCUT2D eigenvalue weighted by atomic mass is 9.77. The number of alkyl halides is 1. The third kappa shape index (κ3) is 2.16. The smallest absolute Gasteiger partial charge is 0.309 e. The van der Waals surface area contributed by atoms with Crippen molar-refractivity contribution in [1.29, 1.82) is 0 Å². The zero-order valence-electron chi connectivity index (χ0n) is 8.43. The molecule has 1 N–H and O–H groups in total. The Balaban J connectivity index is 2.71. The molecular weight excluding hydrogens is 188 g/mol. The fourth-order valence-corrected chi connectivity index (χ4v) is 2.28. The molecule has 0 bridgehead atoms. The number of rotatable bonds is 2. The normalized spacial score (nSPS) is 34.9. The fraction of sp³-hybridized carbons (Fsp3) is 0.900. The number of hydrogen-bond donors (Lipinski definition) is 1. The van der Waals surface area contributed by atoms with Crippen molar-refractivity contribution in [2.75, 3.05) is 0 Å². The number of aliphatic carboxylic acids is 1. The Morgan fingerprint density at radius 1 is 1.62 bits per heavy atom. The molecule has 0 aromatic heterocycles. The maximum absolute atomic E-state index is 11.0. The standard InChI is InChI=1S/C10H17ClO2/c1-9(2,8(12)13)7-4-5-10(3,11)6-7/h7H,4-6H2,1-3H3,(H,12,13). The van der Waals surface area contributed by atoms with Gasteiger partial charge in [-0.2, -0.15) is 0 Å². The molecule has 13 heavy (non-hydrogen) atoms. The van der Waals surface area contributed by atoms with Gasteiger partial charge in [0.1, 0.15) is 0 Å². The van der Waals surface area contributed by atoms with Gasteiger partial charge in [0.05, 0.1) is 5.41 Å². The number of carboxylic acids is 1. The van der Waals surface area contributed by atoms with Crippen LogP contribution in [0, 0.1) is 11.3 Å². The molecule has 1 fully saturated rings. The van der Waals surface area contributed by atoms with Crippen LogP contribution in [0.2, 0.25) is 0 Å². The minimum absolute atomic E-state index is 0.183. The van der Waals surface area contributed by atoms with Crippen LogP contribution in [0.15, 0.2) is 0 Å². The second kappa shape index (κ2) is 3.16. The summed E-state index contributed by atoms with van der Waals surface area (Å²) in [6.45, 7) is 5.57. The molecular formula is C10H17ClO2. The third-order valence-corrected chi connectivity index (χ3v) is 3.60. The lowest BCUT2D eigenvalue weighted by Gasteiger charge is -2.27. The summed E-state index contributed by atoms with van der Waals surface area (Å²) in [7, 11) is 0. The quantitative estimate of drug-likeness (QED) is 0.703. The molecule has 0 radical (unpaired) electrons. The highest BCUT2D eigenvalue weighted by atomic mass is 35.5. The Labute approximate surface area is 84.3 Å². The molecule has 1 saturated carbocycles. The number of carboxylic acid groups (broad SMARTS) is 1. The highest BCUT2D eigenvalue weighted by molar-refractivity contribution is 6.23. The van der Waals surface area contributed by atoms with Gasteiger partial charge in [0.2, 0.25) is 0 Å². The third-order valence-electron chi connectivity index (χ3n) is 3.26. The van der Waals surface area contributed by atoms with Crippen molar-refractivity contribution >= 4 is 17.6 Å². The number of hydrogen-bond acceptors (Lipinski definition) is 1. The second-order valence-electron chi connectivity index (χ2n) is 4.88. The topological polar surface area (TPSA) is 37.3 Å². The highest BCUT2D eigenvalue weighted by Crippen LogP contribution is 2.47. The minimum atomic E-state index is -0.716. The van der Waals surface area contributed by atoms with Crippen LogP contribution in [0.4, 0.5) is 0 Å². The van der Waals surface area contributed by atoms with E-state index < -0.39 is 11.4 Å². The van der Waals surface area contributed by atoms with Crippen LogP contribution in [-0.2, 0) is 4.79 Å². The lowest BCUT2D eigenvalue weighted by molar-refractivity contribution is -0.150. The van der Waals surface area contributed by atoms with Crippen LogP contribution < -0.4 is 0 Å². The summed E-state index contributed by atoms with van der Waals surface area (Å²) in [5.74, 6) is -0.501. The average molecular weight is 205 g/mol. The van der Waals surface area contributed by atoms with E-state index in [1.165, 1.54) is 0 Å². The number of halogens is 1. The van der Waals surface area contributed by atoms with Gasteiger partial charge in [0, 0.05) is 4.87 Å². The van der Waals surface area contributed by atoms with E-state index in [2.05, 4.69) is 0 Å². The summed E-state index contributed by atoms with van der Waals surface area (Å²) in [5.41, 5.74) is -0.632. The van der Waals surface area contributed by atoms with Crippen molar-refractivity contribution < 1.29 is 9.90 Å². The first kappa shape index (κ1) is 10.8. The Hall–Kier alpha value is -0.240. The summed E-state index contributed by atoms with van der Waals surface area (Å²) in [5, 5.41) is 9.03. The summed E-state index contributed by atoms with van der Waals surface area (Å²) >= 11 is 6.18. The molecule has 2 unspecified atom stereocenters. The monoisotopic (exact) mass is 204 g/mol. The zero-order valence-corrected chi connectivity index (χ0v) is 9.19. The molecule has 76 valence electrons. The Morgan fingerprint density at radius 3 is 2.46 bits per heavy atom. The Bertz CT molecular complexity index is 221. The zero-order chi connectivity index (χ0) is 10.3. The van der Waals surface area contributed by atoms with Gasteiger partial charge in [-0.15, -0.1) is 11.6 Å². The molecule has 1 aliphatic rings. The van der Waals surface area contributed by atoms with E-state index in [-0.39, 0.29) is 10.8 Å². The predicted molar refractivity (Wildman–Crippen MR) is 53.0 cm³/mol. The molecule has 2 atom stereocenters. The minimum Gasteiger partial charge on any atom is -0.481 e. The van der Waals surface area contributed by atoms with Gasteiger partial charge in [-0.05, 0) is 46.0 Å². The van der Waals surface area contributed by atoms with Crippen LogP contribution in [0.25, 0.3) is 0 Å². The average Bonchev–Trinajstić information content (AvgIpc) is 2.30. The van der Waals surface area contributed by atoms with Crippen LogP contribution in [0.5, 0.6) is 0 Å². The van der Waals surface area contributed by atoms with Crippen LogP contribution >= 0.6 is 11.6 Å². The van der Waals surface area contributed by atoms with E-state index in [4.69, 9.17) is 16.7 Å². The summed E-state index contributed by atoms with van der Waals surface area (Å²) in [6.07, 6.45) is 2.67. The van der Waals surface area contributed by atoms with Crippen molar-refractivity contribution in [3.8, 4) is 0 Å². The van der Waals surface area contributed by atoms with Crippen LogP contribution in [-0.4, -0.2) is 16.0 Å². The molecule has 0 spiro atoms. The van der Waals surface area contributed by atoms with Gasteiger partial charge < -0.3 is 5.11 Å². The van der Waals surface area contributed by atoms with Crippen molar-refractivity contribution in [3.63, 3.8) is 0 Å². The van der Waals surface area contributed by atoms with Gasteiger partial charge >= 0.3 is 5.97 Å². The Kier molecular flexibility index (Phi) is 2.63. The fourth-order valence-electron chi connectivity index (χ4n) is 1.98. The molecule has 0 amide bonds. The molecule has 1 aliphatic carbocycles. The van der Waals surface area contributed by atoms with E-state index in [1.807, 2.05) is 6.92 Å². The first-order chi connectivity index (χ1) is 5.76. The van der Waals surface area contributed by atoms with Crippen molar-refractivity contribution in [2.24, 2.45) is 11.3 Å². The molecule has 2 nitrogen and oxygen atoms in total. The molecule has 0 aromatic carbocycles. The van der Waals surface area contributed by atoms with E-state index >= 15 is 0 Å². The maximum atomic E-state index is 11.0. The van der Waals surface area contributed by atoms with Crippen molar-refractivity contribution in [2.45, 2.75) is 44.9 Å². The highest BCUT2D eigenvalue weighted by Gasteiger charge is 2.44. The van der Waals surface area contributed by atoms with Crippen molar-refractivity contribution in [3.05, 3.63) is 0 Å². The molecule has 3 heteroatoms. The lowest BCUT2D eigenvalue weighted by Crippen LogP contribution is -2.32. The largest absolute Gasteiger partial charge is 0.481 e. The van der Waals surface area contributed by atoms with E-state index in [0.29, 0.717) is 0 Å². The van der Waals surface area contributed by atoms with Gasteiger partial charge in [-0.1, -0.05) is 0 Å². The summed E-state index contributed by atoms with van der Waals surface area (Å²) < 4.78 is 0. The van der Waals surface area contributed by atoms with Gasteiger partial charge in [-0.25, -0.2) is 0 Å². The SMILES string of the molecule is CC1(Cl)CCC(C(C)(C)C(=O)O)C1. The van der Waals surface area contributed by atoms with Gasteiger partial charge in [0.15, 0.2) is 0 Å².